The number of rotatable bonds is 3. The first-order chi connectivity index (χ1) is 6.44. The van der Waals surface area contributed by atoms with E-state index in [0.717, 1.165) is 17.7 Å². The van der Waals surface area contributed by atoms with Gasteiger partial charge in [0, 0.05) is 11.2 Å². The molecule has 78 valence electrons. The second-order valence-electron chi connectivity index (χ2n) is 4.21. The smallest absolute Gasteiger partial charge is 0.132 e. The van der Waals surface area contributed by atoms with Gasteiger partial charge >= 0.3 is 0 Å². The summed E-state index contributed by atoms with van der Waals surface area (Å²) in [5, 5.41) is 3.86. The van der Waals surface area contributed by atoms with E-state index in [2.05, 4.69) is 24.1 Å². The summed E-state index contributed by atoms with van der Waals surface area (Å²) in [6, 6.07) is 4.04. The normalized spacial score (nSPS) is 11.8. The van der Waals surface area contributed by atoms with Crippen LogP contribution in [0.5, 0.6) is 0 Å². The molecule has 0 atom stereocenters. The highest BCUT2D eigenvalue weighted by molar-refractivity contribution is 6.30. The van der Waals surface area contributed by atoms with Crippen LogP contribution in [0.4, 0.5) is 0 Å². The van der Waals surface area contributed by atoms with Crippen LogP contribution in [0.15, 0.2) is 12.1 Å². The lowest BCUT2D eigenvalue weighted by Crippen LogP contribution is -2.38. The summed E-state index contributed by atoms with van der Waals surface area (Å²) in [5.74, 6) is 0. The fourth-order valence-electron chi connectivity index (χ4n) is 1.25. The Morgan fingerprint density at radius 3 is 2.57 bits per heavy atom. The first-order valence-electron chi connectivity index (χ1n) is 4.75. The van der Waals surface area contributed by atoms with E-state index in [9.17, 15) is 0 Å². The molecule has 0 fully saturated rings. The summed E-state index contributed by atoms with van der Waals surface area (Å²) in [5.41, 5.74) is 2.11. The van der Waals surface area contributed by atoms with Crippen LogP contribution in [-0.2, 0) is 6.42 Å². The molecule has 0 bridgehead atoms. The third-order valence-corrected chi connectivity index (χ3v) is 2.70. The molecule has 0 aliphatic rings. The minimum absolute atomic E-state index is 0.0561. The fourth-order valence-corrected chi connectivity index (χ4v) is 1.51. The van der Waals surface area contributed by atoms with Gasteiger partial charge in [-0.15, -0.1) is 0 Å². The maximum atomic E-state index is 6.05. The van der Waals surface area contributed by atoms with Gasteiger partial charge in [0.2, 0.25) is 0 Å². The molecule has 0 aromatic carbocycles. The lowest BCUT2D eigenvalue weighted by molar-refractivity contribution is 0.421. The number of hydrogen-bond donors (Lipinski definition) is 1. The van der Waals surface area contributed by atoms with Crippen molar-refractivity contribution in [1.82, 2.24) is 10.3 Å². The zero-order valence-corrected chi connectivity index (χ0v) is 9.94. The average molecular weight is 213 g/mol. The molecule has 1 heterocycles. The van der Waals surface area contributed by atoms with Gasteiger partial charge in [-0.05, 0) is 45.9 Å². The molecule has 1 N–H and O–H groups in total. The van der Waals surface area contributed by atoms with Gasteiger partial charge in [0.05, 0.1) is 0 Å². The van der Waals surface area contributed by atoms with E-state index >= 15 is 0 Å². The number of nitrogens with zero attached hydrogens (tertiary/aromatic N) is 1. The lowest BCUT2D eigenvalue weighted by Gasteiger charge is -2.24. The Bertz CT molecular complexity index is 321. The summed E-state index contributed by atoms with van der Waals surface area (Å²) >= 11 is 6.05. The molecule has 1 rings (SSSR count). The topological polar surface area (TPSA) is 24.9 Å². The van der Waals surface area contributed by atoms with E-state index in [-0.39, 0.29) is 5.54 Å². The Labute approximate surface area is 90.7 Å². The van der Waals surface area contributed by atoms with Crippen molar-refractivity contribution in [2.45, 2.75) is 32.7 Å². The van der Waals surface area contributed by atoms with Crippen molar-refractivity contribution in [2.24, 2.45) is 0 Å². The Balaban J connectivity index is 2.87. The molecule has 1 aromatic rings. The molecule has 1 aromatic heterocycles. The highest BCUT2D eigenvalue weighted by Crippen LogP contribution is 2.19. The molecule has 0 unspecified atom stereocenters. The molecular weight excluding hydrogens is 196 g/mol. The van der Waals surface area contributed by atoms with Gasteiger partial charge < -0.3 is 5.32 Å². The van der Waals surface area contributed by atoms with Crippen LogP contribution < -0.4 is 5.32 Å². The first kappa shape index (κ1) is 11.5. The van der Waals surface area contributed by atoms with E-state index < -0.39 is 0 Å². The predicted octanol–water partition coefficient (Wildman–Crippen LogP) is 2.58. The monoisotopic (exact) mass is 212 g/mol. The second kappa shape index (κ2) is 4.28. The van der Waals surface area contributed by atoms with Gasteiger partial charge in [0.15, 0.2) is 0 Å². The molecule has 0 aliphatic heterocycles. The van der Waals surface area contributed by atoms with E-state index in [1.165, 1.54) is 0 Å². The van der Waals surface area contributed by atoms with Crippen LogP contribution in [-0.4, -0.2) is 17.6 Å². The van der Waals surface area contributed by atoms with Gasteiger partial charge in [-0.1, -0.05) is 17.7 Å². The quantitative estimate of drug-likeness (QED) is 0.780. The van der Waals surface area contributed by atoms with Crippen LogP contribution in [0.3, 0.4) is 0 Å². The number of pyridine rings is 1. The zero-order chi connectivity index (χ0) is 10.8. The Hall–Kier alpha value is -0.600. The van der Waals surface area contributed by atoms with Crippen LogP contribution in [0.25, 0.3) is 0 Å². The number of hydrogen-bond acceptors (Lipinski definition) is 2. The summed E-state index contributed by atoms with van der Waals surface area (Å²) in [4.78, 5) is 4.23. The van der Waals surface area contributed by atoms with Gasteiger partial charge in [-0.25, -0.2) is 4.98 Å². The van der Waals surface area contributed by atoms with Crippen molar-refractivity contribution < 1.29 is 0 Å². The standard InChI is InChI=1S/C11H17ClN2/c1-8-5-6-9(10(12)14-8)7-11(2,3)13-4/h5-6,13H,7H2,1-4H3. The number of likely N-dealkylation sites (N-methyl/N-ethyl adjacent to an activating group) is 1. The van der Waals surface area contributed by atoms with Crippen molar-refractivity contribution in [3.05, 3.63) is 28.5 Å². The van der Waals surface area contributed by atoms with E-state index in [1.54, 1.807) is 0 Å². The maximum absolute atomic E-state index is 6.05. The number of aromatic nitrogens is 1. The van der Waals surface area contributed by atoms with E-state index in [0.29, 0.717) is 5.15 Å². The highest BCUT2D eigenvalue weighted by Gasteiger charge is 2.17. The summed E-state index contributed by atoms with van der Waals surface area (Å²) in [7, 11) is 1.95. The average Bonchev–Trinajstić information content (AvgIpc) is 2.10. The third-order valence-electron chi connectivity index (χ3n) is 2.37. The summed E-state index contributed by atoms with van der Waals surface area (Å²) in [6.45, 7) is 6.23. The molecule has 0 radical (unpaired) electrons. The van der Waals surface area contributed by atoms with Gasteiger partial charge in [-0.3, -0.25) is 0 Å². The van der Waals surface area contributed by atoms with Crippen molar-refractivity contribution in [3.63, 3.8) is 0 Å². The van der Waals surface area contributed by atoms with E-state index in [4.69, 9.17) is 11.6 Å². The van der Waals surface area contributed by atoms with Crippen molar-refractivity contribution >= 4 is 11.6 Å². The van der Waals surface area contributed by atoms with Crippen LogP contribution >= 0.6 is 11.6 Å². The van der Waals surface area contributed by atoms with Crippen LogP contribution in [0, 0.1) is 6.92 Å². The first-order valence-corrected chi connectivity index (χ1v) is 5.13. The maximum Gasteiger partial charge on any atom is 0.132 e. The molecule has 14 heavy (non-hydrogen) atoms. The minimum atomic E-state index is 0.0561. The number of aryl methyl sites for hydroxylation is 1. The molecule has 0 spiro atoms. The summed E-state index contributed by atoms with van der Waals surface area (Å²) < 4.78 is 0. The van der Waals surface area contributed by atoms with Crippen LogP contribution in [0.1, 0.15) is 25.1 Å². The number of halogens is 1. The summed E-state index contributed by atoms with van der Waals surface area (Å²) in [6.07, 6.45) is 0.885. The minimum Gasteiger partial charge on any atom is -0.314 e. The largest absolute Gasteiger partial charge is 0.314 e. The van der Waals surface area contributed by atoms with Crippen molar-refractivity contribution in [3.8, 4) is 0 Å². The third kappa shape index (κ3) is 2.96. The molecule has 2 nitrogen and oxygen atoms in total. The van der Waals surface area contributed by atoms with Crippen molar-refractivity contribution in [2.75, 3.05) is 7.05 Å². The Morgan fingerprint density at radius 1 is 1.43 bits per heavy atom. The molecule has 0 saturated carbocycles. The van der Waals surface area contributed by atoms with Crippen molar-refractivity contribution in [1.29, 1.82) is 0 Å². The molecule has 0 amide bonds. The van der Waals surface area contributed by atoms with Crippen LogP contribution in [0.2, 0.25) is 5.15 Å². The van der Waals surface area contributed by atoms with Gasteiger partial charge in [-0.2, -0.15) is 0 Å². The SMILES string of the molecule is CNC(C)(C)Cc1ccc(C)nc1Cl. The van der Waals surface area contributed by atoms with Gasteiger partial charge in [0.25, 0.3) is 0 Å². The molecular formula is C11H17ClN2. The highest BCUT2D eigenvalue weighted by atomic mass is 35.5. The Kier molecular flexibility index (Phi) is 3.51. The lowest BCUT2D eigenvalue weighted by atomic mass is 9.96. The number of nitrogens with one attached hydrogen (secondary N) is 1. The Morgan fingerprint density at radius 2 is 2.07 bits per heavy atom. The second-order valence-corrected chi connectivity index (χ2v) is 4.57. The predicted molar refractivity (Wildman–Crippen MR) is 60.8 cm³/mol. The zero-order valence-electron chi connectivity index (χ0n) is 9.19. The van der Waals surface area contributed by atoms with E-state index in [1.807, 2.05) is 26.1 Å². The molecule has 3 heteroatoms. The van der Waals surface area contributed by atoms with Gasteiger partial charge in [0.1, 0.15) is 5.15 Å². The fraction of sp³-hybridized carbons (Fsp3) is 0.545. The molecule has 0 saturated heterocycles. The molecule has 0 aliphatic carbocycles.